The molecule has 1 heterocycles. The van der Waals surface area contributed by atoms with Gasteiger partial charge >= 0.3 is 0 Å². The maximum absolute atomic E-state index is 6.01. The van der Waals surface area contributed by atoms with Gasteiger partial charge < -0.3 is 10.1 Å². The van der Waals surface area contributed by atoms with Crippen LogP contribution in [0.2, 0.25) is 0 Å². The monoisotopic (exact) mass is 315 g/mol. The van der Waals surface area contributed by atoms with Crippen molar-refractivity contribution in [1.29, 1.82) is 0 Å². The van der Waals surface area contributed by atoms with E-state index in [1.165, 1.54) is 11.1 Å². The molecule has 0 amide bonds. The highest BCUT2D eigenvalue weighted by Gasteiger charge is 2.13. The number of benzene rings is 2. The van der Waals surface area contributed by atoms with Gasteiger partial charge in [-0.2, -0.15) is 0 Å². The Morgan fingerprint density at radius 3 is 2.05 bits per heavy atom. The largest absolute Gasteiger partial charge is 0.490 e. The second-order valence-corrected chi connectivity index (χ2v) is 5.38. The fourth-order valence-corrected chi connectivity index (χ4v) is 2.52. The van der Waals surface area contributed by atoms with Crippen LogP contribution in [0.1, 0.15) is 24.0 Å². The van der Waals surface area contributed by atoms with Crippen molar-refractivity contribution in [3.8, 4) is 5.75 Å². The Morgan fingerprint density at radius 2 is 1.41 bits per heavy atom. The quantitative estimate of drug-likeness (QED) is 0.844. The van der Waals surface area contributed by atoms with Crippen molar-refractivity contribution in [2.24, 2.45) is 0 Å². The predicted molar refractivity (Wildman–Crippen MR) is 95.6 cm³/mol. The van der Waals surface area contributed by atoms with E-state index in [2.05, 4.69) is 66.0 Å². The minimum atomic E-state index is 0. The lowest BCUT2D eigenvalue weighted by Gasteiger charge is -2.23. The van der Waals surface area contributed by atoms with Gasteiger partial charge in [-0.3, -0.25) is 0 Å². The van der Waals surface area contributed by atoms with Gasteiger partial charge in [-0.05, 0) is 49.2 Å². The summed E-state index contributed by atoms with van der Waals surface area (Å²) in [5.74, 6) is 0.971. The third kappa shape index (κ3) is 4.90. The lowest BCUT2D eigenvalue weighted by Crippen LogP contribution is -2.34. The summed E-state index contributed by atoms with van der Waals surface area (Å²) in [7, 11) is 0. The van der Waals surface area contributed by atoms with Gasteiger partial charge in [0.05, 0.1) is 0 Å². The zero-order valence-corrected chi connectivity index (χ0v) is 13.4. The molecule has 1 aliphatic rings. The molecule has 0 atom stereocenters. The molecule has 2 aromatic rings. The third-order valence-electron chi connectivity index (χ3n) is 3.74. The van der Waals surface area contributed by atoms with Crippen LogP contribution in [-0.2, 0) is 0 Å². The van der Waals surface area contributed by atoms with E-state index in [9.17, 15) is 0 Å². The third-order valence-corrected chi connectivity index (χ3v) is 3.74. The minimum absolute atomic E-state index is 0. The number of nitrogens with one attached hydrogen (secondary N) is 1. The normalized spacial score (nSPS) is 15.5. The standard InChI is InChI=1S/C19H21NO.ClH/c1-2-4-16(5-3-1)6-7-17-8-10-18(11-9-17)21-19-12-14-20-15-13-19;/h1-11,19-20H,12-15H2;1H/b7-6+;. The number of ether oxygens (including phenoxy) is 1. The first kappa shape index (κ1) is 16.6. The van der Waals surface area contributed by atoms with Crippen molar-refractivity contribution in [2.45, 2.75) is 18.9 Å². The van der Waals surface area contributed by atoms with Gasteiger partial charge in [0.15, 0.2) is 0 Å². The molecular formula is C19H22ClNO. The average Bonchev–Trinajstić information content (AvgIpc) is 2.56. The molecule has 0 saturated carbocycles. The topological polar surface area (TPSA) is 21.3 Å². The lowest BCUT2D eigenvalue weighted by atomic mass is 10.1. The van der Waals surface area contributed by atoms with E-state index in [1.807, 2.05) is 6.07 Å². The fourth-order valence-electron chi connectivity index (χ4n) is 2.52. The van der Waals surface area contributed by atoms with Gasteiger partial charge in [0, 0.05) is 0 Å². The van der Waals surface area contributed by atoms with Crippen LogP contribution in [0.4, 0.5) is 0 Å². The number of piperidine rings is 1. The molecule has 1 N–H and O–H groups in total. The molecule has 0 spiro atoms. The Bertz CT molecular complexity index is 574. The summed E-state index contributed by atoms with van der Waals surface area (Å²) < 4.78 is 6.01. The van der Waals surface area contributed by atoms with Crippen LogP contribution in [0.25, 0.3) is 12.2 Å². The molecule has 3 rings (SSSR count). The smallest absolute Gasteiger partial charge is 0.119 e. The summed E-state index contributed by atoms with van der Waals surface area (Å²) in [6, 6.07) is 18.7. The Kier molecular flexibility index (Phi) is 6.50. The van der Waals surface area contributed by atoms with E-state index in [1.54, 1.807) is 0 Å². The zero-order valence-electron chi connectivity index (χ0n) is 12.6. The van der Waals surface area contributed by atoms with Crippen LogP contribution in [0, 0.1) is 0 Å². The number of rotatable bonds is 4. The number of hydrogen-bond acceptors (Lipinski definition) is 2. The summed E-state index contributed by atoms with van der Waals surface area (Å²) in [5.41, 5.74) is 2.41. The number of hydrogen-bond donors (Lipinski definition) is 1. The molecule has 3 heteroatoms. The Hall–Kier alpha value is -1.77. The fraction of sp³-hybridized carbons (Fsp3) is 0.263. The van der Waals surface area contributed by atoms with Crippen molar-refractivity contribution in [2.75, 3.05) is 13.1 Å². The van der Waals surface area contributed by atoms with Crippen LogP contribution in [0.3, 0.4) is 0 Å². The summed E-state index contributed by atoms with van der Waals surface area (Å²) in [4.78, 5) is 0. The van der Waals surface area contributed by atoms with Gasteiger partial charge in [0.2, 0.25) is 0 Å². The van der Waals surface area contributed by atoms with Gasteiger partial charge in [-0.25, -0.2) is 0 Å². The van der Waals surface area contributed by atoms with Gasteiger partial charge in [-0.1, -0.05) is 54.6 Å². The maximum atomic E-state index is 6.01. The molecule has 2 nitrogen and oxygen atoms in total. The summed E-state index contributed by atoms with van der Waals surface area (Å²) in [6.45, 7) is 2.12. The molecule has 0 aromatic heterocycles. The van der Waals surface area contributed by atoms with Crippen LogP contribution in [0.5, 0.6) is 5.75 Å². The Balaban J connectivity index is 0.00000176. The van der Waals surface area contributed by atoms with E-state index in [-0.39, 0.29) is 12.4 Å². The van der Waals surface area contributed by atoms with Gasteiger partial charge in [0.25, 0.3) is 0 Å². The predicted octanol–water partition coefficient (Wildman–Crippen LogP) is 4.41. The molecule has 0 bridgehead atoms. The van der Waals surface area contributed by atoms with Crippen molar-refractivity contribution in [3.63, 3.8) is 0 Å². The van der Waals surface area contributed by atoms with E-state index >= 15 is 0 Å². The Labute approximate surface area is 138 Å². The number of halogens is 1. The molecule has 0 unspecified atom stereocenters. The highest BCUT2D eigenvalue weighted by Crippen LogP contribution is 2.18. The molecular weight excluding hydrogens is 294 g/mol. The Morgan fingerprint density at radius 1 is 0.818 bits per heavy atom. The van der Waals surface area contributed by atoms with E-state index in [4.69, 9.17) is 4.74 Å². The average molecular weight is 316 g/mol. The van der Waals surface area contributed by atoms with Crippen LogP contribution in [0.15, 0.2) is 54.6 Å². The molecule has 22 heavy (non-hydrogen) atoms. The first-order valence-corrected chi connectivity index (χ1v) is 7.61. The molecule has 116 valence electrons. The molecule has 2 aromatic carbocycles. The van der Waals surface area contributed by atoms with Crippen LogP contribution < -0.4 is 10.1 Å². The van der Waals surface area contributed by atoms with Crippen LogP contribution >= 0.6 is 12.4 Å². The van der Waals surface area contributed by atoms with Crippen LogP contribution in [-0.4, -0.2) is 19.2 Å². The van der Waals surface area contributed by atoms with E-state index < -0.39 is 0 Å². The highest BCUT2D eigenvalue weighted by molar-refractivity contribution is 5.85. The van der Waals surface area contributed by atoms with Crippen molar-refractivity contribution in [1.82, 2.24) is 5.32 Å². The summed E-state index contributed by atoms with van der Waals surface area (Å²) in [5, 5.41) is 3.35. The highest BCUT2D eigenvalue weighted by atomic mass is 35.5. The van der Waals surface area contributed by atoms with Gasteiger partial charge in [-0.15, -0.1) is 12.4 Å². The maximum Gasteiger partial charge on any atom is 0.119 e. The minimum Gasteiger partial charge on any atom is -0.490 e. The second kappa shape index (κ2) is 8.62. The summed E-state index contributed by atoms with van der Waals surface area (Å²) >= 11 is 0. The second-order valence-electron chi connectivity index (χ2n) is 5.38. The summed E-state index contributed by atoms with van der Waals surface area (Å²) in [6.07, 6.45) is 6.80. The zero-order chi connectivity index (χ0) is 14.3. The molecule has 1 aliphatic heterocycles. The van der Waals surface area contributed by atoms with Crippen molar-refractivity contribution >= 4 is 24.6 Å². The van der Waals surface area contributed by atoms with E-state index in [0.717, 1.165) is 31.7 Å². The SMILES string of the molecule is C(=C\c1ccc(OC2CCNCC2)cc1)/c1ccccc1.Cl. The molecule has 1 saturated heterocycles. The molecule has 0 aliphatic carbocycles. The first-order chi connectivity index (χ1) is 10.4. The van der Waals surface area contributed by atoms with Gasteiger partial charge in [0.1, 0.15) is 11.9 Å². The molecule has 1 fully saturated rings. The van der Waals surface area contributed by atoms with E-state index in [0.29, 0.717) is 6.10 Å². The lowest BCUT2D eigenvalue weighted by molar-refractivity contribution is 0.162. The van der Waals surface area contributed by atoms with Crippen molar-refractivity contribution in [3.05, 3.63) is 65.7 Å². The molecule has 0 radical (unpaired) electrons. The van der Waals surface area contributed by atoms with Crippen molar-refractivity contribution < 1.29 is 4.74 Å². The first-order valence-electron chi connectivity index (χ1n) is 7.61.